The Balaban J connectivity index is 1.06. The monoisotopic (exact) mass is 719 g/mol. The van der Waals surface area contributed by atoms with Crippen LogP contribution in [0.5, 0.6) is 0 Å². The normalized spacial score (nSPS) is 13.1. The topological polar surface area (TPSA) is 3.24 Å². The summed E-state index contributed by atoms with van der Waals surface area (Å²) in [6.07, 6.45) is 0. The van der Waals surface area contributed by atoms with E-state index in [1.807, 2.05) is 11.3 Å². The molecule has 0 spiro atoms. The van der Waals surface area contributed by atoms with E-state index in [0.717, 1.165) is 11.4 Å². The van der Waals surface area contributed by atoms with Gasteiger partial charge >= 0.3 is 0 Å². The molecule has 1 aliphatic carbocycles. The van der Waals surface area contributed by atoms with Crippen molar-refractivity contribution >= 4 is 70.1 Å². The first kappa shape index (κ1) is 32.0. The van der Waals surface area contributed by atoms with E-state index in [2.05, 4.69) is 207 Å². The number of anilines is 3. The fourth-order valence-corrected chi connectivity index (χ4v) is 10.2. The zero-order valence-corrected chi connectivity index (χ0v) is 31.6. The zero-order valence-electron chi connectivity index (χ0n) is 30.8. The molecule has 0 radical (unpaired) electrons. The molecule has 1 aliphatic rings. The summed E-state index contributed by atoms with van der Waals surface area (Å²) in [7, 11) is 0. The van der Waals surface area contributed by atoms with Crippen molar-refractivity contribution in [3.05, 3.63) is 199 Å². The van der Waals surface area contributed by atoms with Gasteiger partial charge in [0.2, 0.25) is 0 Å². The fourth-order valence-electron chi connectivity index (χ4n) is 9.07. The van der Waals surface area contributed by atoms with Crippen molar-refractivity contribution in [3.8, 4) is 33.4 Å². The van der Waals surface area contributed by atoms with Gasteiger partial charge in [0, 0.05) is 42.5 Å². The maximum absolute atomic E-state index is 2.48. The highest BCUT2D eigenvalue weighted by Gasteiger charge is 2.37. The highest BCUT2D eigenvalue weighted by molar-refractivity contribution is 7.25. The molecule has 0 unspecified atom stereocenters. The van der Waals surface area contributed by atoms with Crippen molar-refractivity contribution in [2.24, 2.45) is 0 Å². The predicted octanol–water partition coefficient (Wildman–Crippen LogP) is 15.5. The van der Waals surface area contributed by atoms with Crippen LogP contribution in [0.25, 0.3) is 75.1 Å². The van der Waals surface area contributed by atoms with E-state index in [4.69, 9.17) is 0 Å². The number of rotatable bonds is 5. The molecule has 11 rings (SSSR count). The van der Waals surface area contributed by atoms with Crippen LogP contribution in [-0.2, 0) is 5.41 Å². The zero-order chi connectivity index (χ0) is 36.7. The summed E-state index contributed by atoms with van der Waals surface area (Å²) in [6, 6.07) is 69.7. The van der Waals surface area contributed by atoms with Crippen LogP contribution in [0.2, 0.25) is 0 Å². The summed E-state index contributed by atoms with van der Waals surface area (Å²) in [5, 5.41) is 7.64. The molecule has 0 aliphatic heterocycles. The first-order valence-corrected chi connectivity index (χ1v) is 19.9. The molecule has 0 fully saturated rings. The van der Waals surface area contributed by atoms with E-state index in [9.17, 15) is 0 Å². The summed E-state index contributed by atoms with van der Waals surface area (Å²) in [5.41, 5.74) is 13.7. The number of nitrogens with zero attached hydrogens (tertiary/aromatic N) is 1. The number of hydrogen-bond donors (Lipinski definition) is 0. The molecule has 2 heteroatoms. The van der Waals surface area contributed by atoms with Crippen LogP contribution in [0.4, 0.5) is 17.1 Å². The molecular formula is C53H37NS. The van der Waals surface area contributed by atoms with Gasteiger partial charge in [-0.25, -0.2) is 0 Å². The SMILES string of the molecule is CC1(C)c2ccccc2-c2c(N(c3ccc(-c4ccc5cccc(-c6ccc7ccccc7c6)c5c4)cc3)c3ccc4sc5ccccc5c4c3)cccc21. The Labute approximate surface area is 325 Å². The fraction of sp³-hybridized carbons (Fsp3) is 0.0566. The van der Waals surface area contributed by atoms with Crippen LogP contribution in [0.1, 0.15) is 25.0 Å². The van der Waals surface area contributed by atoms with E-state index in [1.165, 1.54) is 91.9 Å². The molecule has 0 N–H and O–H groups in total. The molecule has 0 atom stereocenters. The van der Waals surface area contributed by atoms with E-state index in [-0.39, 0.29) is 5.41 Å². The quantitative estimate of drug-likeness (QED) is 0.171. The van der Waals surface area contributed by atoms with Crippen LogP contribution in [0.15, 0.2) is 188 Å². The average molecular weight is 720 g/mol. The molecule has 1 nitrogen and oxygen atoms in total. The molecule has 0 saturated carbocycles. The van der Waals surface area contributed by atoms with Gasteiger partial charge in [0.25, 0.3) is 0 Å². The van der Waals surface area contributed by atoms with Gasteiger partial charge in [0.05, 0.1) is 5.69 Å². The number of thiophene rings is 1. The second-order valence-corrected chi connectivity index (χ2v) is 16.4. The van der Waals surface area contributed by atoms with Gasteiger partial charge in [-0.2, -0.15) is 0 Å². The lowest BCUT2D eigenvalue weighted by molar-refractivity contribution is 0.660. The van der Waals surface area contributed by atoms with Crippen molar-refractivity contribution < 1.29 is 0 Å². The smallest absolute Gasteiger partial charge is 0.0543 e. The highest BCUT2D eigenvalue weighted by atomic mass is 32.1. The lowest BCUT2D eigenvalue weighted by atomic mass is 9.82. The van der Waals surface area contributed by atoms with Crippen molar-refractivity contribution in [1.82, 2.24) is 0 Å². The second-order valence-electron chi connectivity index (χ2n) is 15.3. The van der Waals surface area contributed by atoms with Crippen LogP contribution in [0, 0.1) is 0 Å². The second kappa shape index (κ2) is 12.3. The maximum atomic E-state index is 2.48. The Morgan fingerprint density at radius 3 is 1.96 bits per heavy atom. The Bertz CT molecular complexity index is 3130. The third-order valence-corrected chi connectivity index (χ3v) is 13.0. The largest absolute Gasteiger partial charge is 0.310 e. The minimum atomic E-state index is -0.0905. The van der Waals surface area contributed by atoms with E-state index in [0.29, 0.717) is 0 Å². The van der Waals surface area contributed by atoms with Crippen LogP contribution in [-0.4, -0.2) is 0 Å². The van der Waals surface area contributed by atoms with Crippen molar-refractivity contribution in [2.75, 3.05) is 4.90 Å². The van der Waals surface area contributed by atoms with E-state index in [1.54, 1.807) is 0 Å². The Morgan fingerprint density at radius 2 is 1.05 bits per heavy atom. The lowest BCUT2D eigenvalue weighted by Gasteiger charge is -2.29. The first-order valence-electron chi connectivity index (χ1n) is 19.1. The van der Waals surface area contributed by atoms with E-state index < -0.39 is 0 Å². The van der Waals surface area contributed by atoms with Crippen molar-refractivity contribution in [3.63, 3.8) is 0 Å². The third kappa shape index (κ3) is 5.06. The number of fused-ring (bicyclic) bond motifs is 8. The van der Waals surface area contributed by atoms with Crippen LogP contribution >= 0.6 is 11.3 Å². The van der Waals surface area contributed by atoms with Crippen LogP contribution < -0.4 is 4.90 Å². The molecule has 1 aromatic heterocycles. The summed E-state index contributed by atoms with van der Waals surface area (Å²) >= 11 is 1.87. The van der Waals surface area contributed by atoms with Gasteiger partial charge in [-0.05, 0) is 115 Å². The molecule has 0 saturated heterocycles. The summed E-state index contributed by atoms with van der Waals surface area (Å²) in [6.45, 7) is 4.72. The predicted molar refractivity (Wildman–Crippen MR) is 237 cm³/mol. The lowest BCUT2D eigenvalue weighted by Crippen LogP contribution is -2.16. The van der Waals surface area contributed by atoms with Gasteiger partial charge in [0.15, 0.2) is 0 Å². The average Bonchev–Trinajstić information content (AvgIpc) is 3.72. The van der Waals surface area contributed by atoms with Gasteiger partial charge in [-0.1, -0.05) is 147 Å². The van der Waals surface area contributed by atoms with Gasteiger partial charge in [-0.15, -0.1) is 11.3 Å². The maximum Gasteiger partial charge on any atom is 0.0543 e. The molecule has 1 heterocycles. The standard InChI is InChI=1S/C53H37NS/c1-53(2)47-17-7-5-15-44(47)52-48(53)18-10-19-49(52)54(41-29-30-51-46(33-41)43-14-6-8-20-50(43)55-51)40-27-25-35(26-28-40)38-23-22-36-13-9-16-42(45(36)32-38)39-24-21-34-11-3-4-12-37(34)31-39/h3-33H,1-2H3. The van der Waals surface area contributed by atoms with Gasteiger partial charge in [-0.3, -0.25) is 0 Å². The first-order chi connectivity index (χ1) is 27.0. The van der Waals surface area contributed by atoms with Crippen molar-refractivity contribution in [1.29, 1.82) is 0 Å². The van der Waals surface area contributed by atoms with Crippen molar-refractivity contribution in [2.45, 2.75) is 19.3 Å². The summed E-state index contributed by atoms with van der Waals surface area (Å²) in [5.74, 6) is 0. The molecule has 0 amide bonds. The Morgan fingerprint density at radius 1 is 0.400 bits per heavy atom. The van der Waals surface area contributed by atoms with Crippen LogP contribution in [0.3, 0.4) is 0 Å². The Kier molecular flexibility index (Phi) is 7.14. The number of benzene rings is 9. The summed E-state index contributed by atoms with van der Waals surface area (Å²) in [4.78, 5) is 2.48. The molecule has 10 aromatic rings. The molecular weight excluding hydrogens is 683 g/mol. The van der Waals surface area contributed by atoms with E-state index >= 15 is 0 Å². The third-order valence-electron chi connectivity index (χ3n) is 11.8. The Hall–Kier alpha value is -6.48. The molecule has 0 bridgehead atoms. The molecule has 9 aromatic carbocycles. The summed E-state index contributed by atoms with van der Waals surface area (Å²) < 4.78 is 2.63. The molecule has 55 heavy (non-hydrogen) atoms. The minimum Gasteiger partial charge on any atom is -0.310 e. The molecule has 260 valence electrons. The van der Waals surface area contributed by atoms with Gasteiger partial charge < -0.3 is 4.90 Å². The van der Waals surface area contributed by atoms with Gasteiger partial charge in [0.1, 0.15) is 0 Å². The number of hydrogen-bond acceptors (Lipinski definition) is 2. The highest BCUT2D eigenvalue weighted by Crippen LogP contribution is 2.54. The minimum absolute atomic E-state index is 0.0905.